The van der Waals surface area contributed by atoms with Crippen molar-refractivity contribution in [3.8, 4) is 0 Å². The lowest BCUT2D eigenvalue weighted by molar-refractivity contribution is -0.137. The van der Waals surface area contributed by atoms with Crippen molar-refractivity contribution in [1.82, 2.24) is 0 Å². The summed E-state index contributed by atoms with van der Waals surface area (Å²) in [6, 6.07) is 2.91. The minimum absolute atomic E-state index is 0.0658. The van der Waals surface area contributed by atoms with Crippen molar-refractivity contribution in [3.05, 3.63) is 34.3 Å². The lowest BCUT2D eigenvalue weighted by Gasteiger charge is -2.18. The van der Waals surface area contributed by atoms with E-state index >= 15 is 0 Å². The summed E-state index contributed by atoms with van der Waals surface area (Å²) in [6.07, 6.45) is -4.37. The molecule has 0 aliphatic carbocycles. The van der Waals surface area contributed by atoms with E-state index in [-0.39, 0.29) is 17.0 Å². The molecule has 1 aromatic carbocycles. The van der Waals surface area contributed by atoms with Gasteiger partial charge in [-0.1, -0.05) is 31.5 Å². The van der Waals surface area contributed by atoms with E-state index in [1.165, 1.54) is 6.07 Å². The minimum Gasteiger partial charge on any atom is -0.324 e. The van der Waals surface area contributed by atoms with E-state index < -0.39 is 11.7 Å². The molecule has 0 unspecified atom stereocenters. The highest BCUT2D eigenvalue weighted by atomic mass is 35.5. The number of rotatable bonds is 2. The Labute approximate surface area is 97.4 Å². The van der Waals surface area contributed by atoms with Crippen LogP contribution in [0.4, 0.5) is 13.2 Å². The van der Waals surface area contributed by atoms with E-state index in [1.54, 1.807) is 0 Å². The molecule has 1 atom stereocenters. The van der Waals surface area contributed by atoms with Gasteiger partial charge < -0.3 is 5.73 Å². The maximum Gasteiger partial charge on any atom is 0.416 e. The zero-order valence-corrected chi connectivity index (χ0v) is 9.73. The summed E-state index contributed by atoms with van der Waals surface area (Å²) in [7, 11) is 0. The fraction of sp³-hybridized carbons (Fsp3) is 0.455. The zero-order chi connectivity index (χ0) is 12.5. The van der Waals surface area contributed by atoms with Crippen molar-refractivity contribution in [2.24, 2.45) is 11.7 Å². The van der Waals surface area contributed by atoms with Gasteiger partial charge in [0.25, 0.3) is 0 Å². The SMILES string of the molecule is CC(C)[C@@H](N)c1ccc(C(F)(F)F)cc1Cl. The molecule has 0 aliphatic heterocycles. The first-order valence-electron chi connectivity index (χ1n) is 4.85. The highest BCUT2D eigenvalue weighted by Gasteiger charge is 2.31. The Morgan fingerprint density at radius 3 is 2.19 bits per heavy atom. The van der Waals surface area contributed by atoms with Crippen LogP contribution in [-0.4, -0.2) is 0 Å². The van der Waals surface area contributed by atoms with Crippen LogP contribution in [0.25, 0.3) is 0 Å². The van der Waals surface area contributed by atoms with Crippen LogP contribution in [0.1, 0.15) is 31.0 Å². The highest BCUT2D eigenvalue weighted by molar-refractivity contribution is 6.31. The average Bonchev–Trinajstić information content (AvgIpc) is 2.15. The first kappa shape index (κ1) is 13.3. The Hall–Kier alpha value is -0.740. The van der Waals surface area contributed by atoms with Gasteiger partial charge in [0.05, 0.1) is 5.56 Å². The molecule has 2 N–H and O–H groups in total. The van der Waals surface area contributed by atoms with Crippen LogP contribution in [0.2, 0.25) is 5.02 Å². The predicted molar refractivity (Wildman–Crippen MR) is 58.2 cm³/mol. The lowest BCUT2D eigenvalue weighted by atomic mass is 9.96. The number of nitrogens with two attached hydrogens (primary N) is 1. The number of benzene rings is 1. The summed E-state index contributed by atoms with van der Waals surface area (Å²) in [6.45, 7) is 3.78. The molecule has 0 fully saturated rings. The van der Waals surface area contributed by atoms with Gasteiger partial charge in [-0.25, -0.2) is 0 Å². The van der Waals surface area contributed by atoms with Crippen molar-refractivity contribution < 1.29 is 13.2 Å². The second-order valence-electron chi connectivity index (χ2n) is 4.00. The van der Waals surface area contributed by atoms with Crippen LogP contribution >= 0.6 is 11.6 Å². The van der Waals surface area contributed by atoms with E-state index in [0.29, 0.717) is 5.56 Å². The molecule has 1 aromatic rings. The third kappa shape index (κ3) is 2.89. The molecule has 90 valence electrons. The number of hydrogen-bond acceptors (Lipinski definition) is 1. The van der Waals surface area contributed by atoms with Crippen LogP contribution in [-0.2, 0) is 6.18 Å². The molecular weight excluding hydrogens is 239 g/mol. The van der Waals surface area contributed by atoms with Gasteiger partial charge in [0.15, 0.2) is 0 Å². The Morgan fingerprint density at radius 2 is 1.81 bits per heavy atom. The second kappa shape index (κ2) is 4.63. The normalized spacial score (nSPS) is 14.2. The molecule has 16 heavy (non-hydrogen) atoms. The van der Waals surface area contributed by atoms with E-state index in [1.807, 2.05) is 13.8 Å². The molecule has 0 bridgehead atoms. The van der Waals surface area contributed by atoms with E-state index in [2.05, 4.69) is 0 Å². The van der Waals surface area contributed by atoms with Gasteiger partial charge in [-0.3, -0.25) is 0 Å². The zero-order valence-electron chi connectivity index (χ0n) is 8.98. The summed E-state index contributed by atoms with van der Waals surface area (Å²) in [4.78, 5) is 0. The minimum atomic E-state index is -4.37. The molecular formula is C11H13ClF3N. The summed E-state index contributed by atoms with van der Waals surface area (Å²) >= 11 is 5.79. The molecule has 0 radical (unpaired) electrons. The Morgan fingerprint density at radius 1 is 1.25 bits per heavy atom. The third-order valence-corrected chi connectivity index (χ3v) is 2.73. The summed E-state index contributed by atoms with van der Waals surface area (Å²) in [5, 5.41) is 0.0658. The molecule has 0 aliphatic rings. The first-order chi connectivity index (χ1) is 7.23. The Kier molecular flexibility index (Phi) is 3.86. The van der Waals surface area contributed by atoms with Crippen molar-refractivity contribution in [2.75, 3.05) is 0 Å². The van der Waals surface area contributed by atoms with Crippen LogP contribution in [0.3, 0.4) is 0 Å². The standard InChI is InChI=1S/C11H13ClF3N/c1-6(2)10(16)8-4-3-7(5-9(8)12)11(13,14)15/h3-6,10H,16H2,1-2H3/t10-/m1/s1. The number of halogens is 4. The molecule has 0 spiro atoms. The fourth-order valence-corrected chi connectivity index (χ4v) is 1.64. The second-order valence-corrected chi connectivity index (χ2v) is 4.41. The first-order valence-corrected chi connectivity index (χ1v) is 5.23. The maximum absolute atomic E-state index is 12.4. The number of hydrogen-bond donors (Lipinski definition) is 1. The molecule has 1 rings (SSSR count). The molecule has 5 heteroatoms. The van der Waals surface area contributed by atoms with E-state index in [9.17, 15) is 13.2 Å². The van der Waals surface area contributed by atoms with Crippen LogP contribution in [0.15, 0.2) is 18.2 Å². The Bertz CT molecular complexity index is 374. The number of alkyl halides is 3. The topological polar surface area (TPSA) is 26.0 Å². The highest BCUT2D eigenvalue weighted by Crippen LogP contribution is 2.34. The largest absolute Gasteiger partial charge is 0.416 e. The summed E-state index contributed by atoms with van der Waals surface area (Å²) in [5.41, 5.74) is 5.63. The van der Waals surface area contributed by atoms with Crippen molar-refractivity contribution >= 4 is 11.6 Å². The lowest BCUT2D eigenvalue weighted by Crippen LogP contribution is -2.17. The van der Waals surface area contributed by atoms with Gasteiger partial charge in [-0.2, -0.15) is 13.2 Å². The third-order valence-electron chi connectivity index (χ3n) is 2.41. The summed E-state index contributed by atoms with van der Waals surface area (Å²) < 4.78 is 37.1. The van der Waals surface area contributed by atoms with Crippen LogP contribution in [0.5, 0.6) is 0 Å². The Balaban J connectivity index is 3.10. The fourth-order valence-electron chi connectivity index (χ4n) is 1.33. The van der Waals surface area contributed by atoms with Gasteiger partial charge in [0.2, 0.25) is 0 Å². The van der Waals surface area contributed by atoms with Crippen LogP contribution in [0, 0.1) is 5.92 Å². The molecule has 0 amide bonds. The predicted octanol–water partition coefficient (Wildman–Crippen LogP) is 4.01. The van der Waals surface area contributed by atoms with Gasteiger partial charge in [-0.05, 0) is 23.6 Å². The van der Waals surface area contributed by atoms with Gasteiger partial charge in [0.1, 0.15) is 0 Å². The van der Waals surface area contributed by atoms with Gasteiger partial charge in [0, 0.05) is 11.1 Å². The maximum atomic E-state index is 12.4. The molecule has 0 saturated carbocycles. The van der Waals surface area contributed by atoms with Gasteiger partial charge >= 0.3 is 6.18 Å². The van der Waals surface area contributed by atoms with Crippen molar-refractivity contribution in [2.45, 2.75) is 26.1 Å². The molecule has 0 saturated heterocycles. The molecule has 0 aromatic heterocycles. The molecule has 1 nitrogen and oxygen atoms in total. The van der Waals surface area contributed by atoms with Crippen LogP contribution < -0.4 is 5.73 Å². The van der Waals surface area contributed by atoms with Crippen molar-refractivity contribution in [1.29, 1.82) is 0 Å². The quantitative estimate of drug-likeness (QED) is 0.844. The average molecular weight is 252 g/mol. The summed E-state index contributed by atoms with van der Waals surface area (Å²) in [5.74, 6) is 0.120. The van der Waals surface area contributed by atoms with Gasteiger partial charge in [-0.15, -0.1) is 0 Å². The smallest absolute Gasteiger partial charge is 0.324 e. The monoisotopic (exact) mass is 251 g/mol. The van der Waals surface area contributed by atoms with E-state index in [4.69, 9.17) is 17.3 Å². The van der Waals surface area contributed by atoms with Crippen molar-refractivity contribution in [3.63, 3.8) is 0 Å². The molecule has 0 heterocycles. The van der Waals surface area contributed by atoms with E-state index in [0.717, 1.165) is 12.1 Å².